The molecule has 2 nitrogen and oxygen atoms in total. The summed E-state index contributed by atoms with van der Waals surface area (Å²) >= 11 is 5.90. The molecule has 0 fully saturated rings. The van der Waals surface area contributed by atoms with Crippen molar-refractivity contribution in [3.63, 3.8) is 0 Å². The second-order valence-corrected chi connectivity index (χ2v) is 5.46. The fourth-order valence-corrected chi connectivity index (χ4v) is 2.44. The van der Waals surface area contributed by atoms with E-state index in [0.717, 1.165) is 23.8 Å². The lowest BCUT2D eigenvalue weighted by molar-refractivity contribution is -0.137. The molecule has 1 amide bonds. The van der Waals surface area contributed by atoms with Gasteiger partial charge in [0.05, 0.1) is 22.2 Å². The third kappa shape index (κ3) is 4.26. The first-order chi connectivity index (χ1) is 10.8. The molecule has 0 saturated heterocycles. The molecule has 1 N–H and O–H groups in total. The zero-order valence-electron chi connectivity index (χ0n) is 12.3. The van der Waals surface area contributed by atoms with Crippen LogP contribution in [-0.4, -0.2) is 5.91 Å². The van der Waals surface area contributed by atoms with Gasteiger partial charge in [0, 0.05) is 0 Å². The van der Waals surface area contributed by atoms with E-state index in [1.54, 1.807) is 0 Å². The highest BCUT2D eigenvalue weighted by Crippen LogP contribution is 2.34. The van der Waals surface area contributed by atoms with Crippen LogP contribution in [0, 0.1) is 0 Å². The Kier molecular flexibility index (Phi) is 5.31. The van der Waals surface area contributed by atoms with E-state index in [1.165, 1.54) is 0 Å². The minimum absolute atomic E-state index is 0.0409. The lowest BCUT2D eigenvalue weighted by Gasteiger charge is -2.17. The maximum Gasteiger partial charge on any atom is 0.416 e. The molecule has 0 unspecified atom stereocenters. The molecule has 1 atom stereocenters. The Morgan fingerprint density at radius 3 is 2.39 bits per heavy atom. The Labute approximate surface area is 137 Å². The molecule has 0 saturated carbocycles. The normalized spacial score (nSPS) is 12.7. The fourth-order valence-electron chi connectivity index (χ4n) is 2.28. The van der Waals surface area contributed by atoms with Gasteiger partial charge in [-0.3, -0.25) is 4.79 Å². The number of hydrogen-bond acceptors (Lipinski definition) is 1. The standard InChI is InChI=1S/C17H15ClF3NO/c1-2-13(11-6-4-3-5-7-11)16(23)22-15-10-12(17(19,20)21)8-9-14(15)18/h3-10,13H,2H2,1H3,(H,22,23)/t13-/m1/s1. The van der Waals surface area contributed by atoms with Gasteiger partial charge in [-0.1, -0.05) is 48.9 Å². The van der Waals surface area contributed by atoms with Crippen molar-refractivity contribution in [2.45, 2.75) is 25.4 Å². The van der Waals surface area contributed by atoms with E-state index in [2.05, 4.69) is 5.32 Å². The largest absolute Gasteiger partial charge is 0.416 e. The molecule has 2 rings (SSSR count). The van der Waals surface area contributed by atoms with Crippen molar-refractivity contribution in [1.82, 2.24) is 0 Å². The summed E-state index contributed by atoms with van der Waals surface area (Å²) in [6.45, 7) is 1.84. The van der Waals surface area contributed by atoms with E-state index in [-0.39, 0.29) is 16.6 Å². The van der Waals surface area contributed by atoms with Crippen LogP contribution in [0.3, 0.4) is 0 Å². The fraction of sp³-hybridized carbons (Fsp3) is 0.235. The summed E-state index contributed by atoms with van der Waals surface area (Å²) in [5.41, 5.74) is -0.0959. The molecule has 0 radical (unpaired) electrons. The van der Waals surface area contributed by atoms with Gasteiger partial charge >= 0.3 is 6.18 Å². The summed E-state index contributed by atoms with van der Waals surface area (Å²) < 4.78 is 38.3. The summed E-state index contributed by atoms with van der Waals surface area (Å²) in [4.78, 5) is 12.4. The van der Waals surface area contributed by atoms with Crippen LogP contribution in [-0.2, 0) is 11.0 Å². The minimum Gasteiger partial charge on any atom is -0.324 e. The van der Waals surface area contributed by atoms with Crippen LogP contribution >= 0.6 is 11.6 Å². The maximum atomic E-state index is 12.8. The molecule has 0 aliphatic carbocycles. The van der Waals surface area contributed by atoms with Crippen molar-refractivity contribution in [3.05, 3.63) is 64.7 Å². The first-order valence-electron chi connectivity index (χ1n) is 7.05. The number of nitrogens with one attached hydrogen (secondary N) is 1. The van der Waals surface area contributed by atoms with E-state index in [1.807, 2.05) is 37.3 Å². The van der Waals surface area contributed by atoms with Crippen molar-refractivity contribution < 1.29 is 18.0 Å². The smallest absolute Gasteiger partial charge is 0.324 e. The Bertz CT molecular complexity index is 686. The maximum absolute atomic E-state index is 12.8. The molecule has 0 aliphatic heterocycles. The van der Waals surface area contributed by atoms with Crippen molar-refractivity contribution in [3.8, 4) is 0 Å². The van der Waals surface area contributed by atoms with E-state index in [9.17, 15) is 18.0 Å². The summed E-state index contributed by atoms with van der Waals surface area (Å²) in [6.07, 6.45) is -3.97. The van der Waals surface area contributed by atoms with E-state index in [4.69, 9.17) is 11.6 Å². The summed E-state index contributed by atoms with van der Waals surface area (Å²) in [5.74, 6) is -0.846. The number of alkyl halides is 3. The van der Waals surface area contributed by atoms with Gasteiger partial charge in [0.2, 0.25) is 5.91 Å². The molecule has 0 aliphatic rings. The van der Waals surface area contributed by atoms with Gasteiger partial charge in [-0.25, -0.2) is 0 Å². The van der Waals surface area contributed by atoms with Crippen molar-refractivity contribution in [2.75, 3.05) is 5.32 Å². The van der Waals surface area contributed by atoms with Crippen LogP contribution in [0.5, 0.6) is 0 Å². The SMILES string of the molecule is CC[C@@H](C(=O)Nc1cc(C(F)(F)F)ccc1Cl)c1ccccc1. The third-order valence-corrected chi connectivity index (χ3v) is 3.81. The van der Waals surface area contributed by atoms with Crippen LogP contribution in [0.2, 0.25) is 5.02 Å². The molecule has 6 heteroatoms. The van der Waals surface area contributed by atoms with Gasteiger partial charge in [-0.15, -0.1) is 0 Å². The first kappa shape index (κ1) is 17.3. The zero-order valence-corrected chi connectivity index (χ0v) is 13.1. The number of anilines is 1. The predicted octanol–water partition coefficient (Wildman–Crippen LogP) is 5.49. The summed E-state index contributed by atoms with van der Waals surface area (Å²) in [5, 5.41) is 2.57. The lowest BCUT2D eigenvalue weighted by atomic mass is 9.95. The number of amides is 1. The molecule has 2 aromatic rings. The molecule has 122 valence electrons. The minimum atomic E-state index is -4.49. The monoisotopic (exact) mass is 341 g/mol. The average Bonchev–Trinajstić information content (AvgIpc) is 2.50. The highest BCUT2D eigenvalue weighted by molar-refractivity contribution is 6.33. The van der Waals surface area contributed by atoms with Gasteiger partial charge in [-0.2, -0.15) is 13.2 Å². The Morgan fingerprint density at radius 1 is 1.17 bits per heavy atom. The molecular formula is C17H15ClF3NO. The average molecular weight is 342 g/mol. The van der Waals surface area contributed by atoms with E-state index in [0.29, 0.717) is 6.42 Å². The Balaban J connectivity index is 2.26. The number of rotatable bonds is 4. The first-order valence-corrected chi connectivity index (χ1v) is 7.43. The van der Waals surface area contributed by atoms with Gasteiger partial charge in [0.25, 0.3) is 0 Å². The van der Waals surface area contributed by atoms with Crippen molar-refractivity contribution in [2.24, 2.45) is 0 Å². The van der Waals surface area contributed by atoms with E-state index < -0.39 is 17.7 Å². The van der Waals surface area contributed by atoms with Crippen LogP contribution < -0.4 is 5.32 Å². The highest BCUT2D eigenvalue weighted by atomic mass is 35.5. The van der Waals surface area contributed by atoms with Crippen LogP contribution in [0.25, 0.3) is 0 Å². The molecule has 2 aromatic carbocycles. The summed E-state index contributed by atoms with van der Waals surface area (Å²) in [7, 11) is 0. The van der Waals surface area contributed by atoms with E-state index >= 15 is 0 Å². The number of halogens is 4. The van der Waals surface area contributed by atoms with Gasteiger partial charge in [-0.05, 0) is 30.2 Å². The second-order valence-electron chi connectivity index (χ2n) is 5.05. The zero-order chi connectivity index (χ0) is 17.0. The molecule has 0 heterocycles. The topological polar surface area (TPSA) is 29.1 Å². The molecule has 0 aromatic heterocycles. The third-order valence-electron chi connectivity index (χ3n) is 3.48. The Hall–Kier alpha value is -2.01. The van der Waals surface area contributed by atoms with Crippen molar-refractivity contribution in [1.29, 1.82) is 0 Å². The van der Waals surface area contributed by atoms with Gasteiger partial charge in [0.15, 0.2) is 0 Å². The number of carbonyl (C=O) groups excluding carboxylic acids is 1. The molecule has 0 spiro atoms. The van der Waals surface area contributed by atoms with Crippen LogP contribution in [0.4, 0.5) is 18.9 Å². The van der Waals surface area contributed by atoms with Crippen LogP contribution in [0.15, 0.2) is 48.5 Å². The van der Waals surface area contributed by atoms with Gasteiger partial charge in [0.1, 0.15) is 0 Å². The Morgan fingerprint density at radius 2 is 1.83 bits per heavy atom. The predicted molar refractivity (Wildman–Crippen MR) is 84.6 cm³/mol. The van der Waals surface area contributed by atoms with Gasteiger partial charge < -0.3 is 5.32 Å². The van der Waals surface area contributed by atoms with Crippen LogP contribution in [0.1, 0.15) is 30.4 Å². The second kappa shape index (κ2) is 7.04. The summed E-state index contributed by atoms with van der Waals surface area (Å²) in [6, 6.07) is 11.9. The quantitative estimate of drug-likeness (QED) is 0.782. The molecule has 0 bridgehead atoms. The number of carbonyl (C=O) groups is 1. The number of hydrogen-bond donors (Lipinski definition) is 1. The molecular weight excluding hydrogens is 327 g/mol. The molecule has 23 heavy (non-hydrogen) atoms. The highest BCUT2D eigenvalue weighted by Gasteiger charge is 2.31. The van der Waals surface area contributed by atoms with Crippen molar-refractivity contribution >= 4 is 23.2 Å². The number of benzene rings is 2. The lowest BCUT2D eigenvalue weighted by Crippen LogP contribution is -2.21.